The number of amides is 1. The third-order valence-corrected chi connectivity index (χ3v) is 4.86. The second-order valence-corrected chi connectivity index (χ2v) is 6.31. The highest BCUT2D eigenvalue weighted by atomic mass is 35.5. The summed E-state index contributed by atoms with van der Waals surface area (Å²) in [6.07, 6.45) is 5.02. The molecular weight excluding hydrogens is 286 g/mol. The van der Waals surface area contributed by atoms with Crippen LogP contribution in [0.3, 0.4) is 0 Å². The maximum atomic E-state index is 12.0. The largest absolute Gasteiger partial charge is 0.324 e. The Morgan fingerprint density at radius 2 is 2.10 bits per heavy atom. The van der Waals surface area contributed by atoms with Crippen LogP contribution in [0.5, 0.6) is 0 Å². The fourth-order valence-electron chi connectivity index (χ4n) is 3.47. The van der Waals surface area contributed by atoms with Crippen LogP contribution in [0.4, 0.5) is 5.69 Å². The average Bonchev–Trinajstić information content (AvgIpc) is 2.91. The number of para-hydroxylation sites is 1. The van der Waals surface area contributed by atoms with Gasteiger partial charge in [-0.15, -0.1) is 0 Å². The lowest BCUT2D eigenvalue weighted by molar-refractivity contribution is -0.115. The van der Waals surface area contributed by atoms with E-state index in [1.54, 1.807) is 6.07 Å². The Bertz CT molecular complexity index is 508. The topological polar surface area (TPSA) is 44.4 Å². The van der Waals surface area contributed by atoms with Crippen LogP contribution >= 0.6 is 11.6 Å². The average molecular weight is 308 g/mol. The number of piperidine rings is 1. The first-order valence-electron chi connectivity index (χ1n) is 7.76. The van der Waals surface area contributed by atoms with Crippen molar-refractivity contribution < 1.29 is 4.79 Å². The third-order valence-electron chi connectivity index (χ3n) is 4.53. The number of halogens is 1. The molecule has 4 nitrogen and oxygen atoms in total. The SMILES string of the molecule is O=C(CNC1CCN2CCCCC12)Nc1ccccc1Cl. The van der Waals surface area contributed by atoms with Gasteiger partial charge in [0.05, 0.1) is 17.3 Å². The fourth-order valence-corrected chi connectivity index (χ4v) is 3.65. The van der Waals surface area contributed by atoms with Crippen LogP contribution in [0.1, 0.15) is 25.7 Å². The van der Waals surface area contributed by atoms with E-state index >= 15 is 0 Å². The zero-order valence-corrected chi connectivity index (χ0v) is 12.9. The van der Waals surface area contributed by atoms with E-state index in [1.165, 1.54) is 25.8 Å². The van der Waals surface area contributed by atoms with Gasteiger partial charge in [-0.25, -0.2) is 0 Å². The van der Waals surface area contributed by atoms with Crippen LogP contribution in [0.15, 0.2) is 24.3 Å². The summed E-state index contributed by atoms with van der Waals surface area (Å²) in [5.74, 6) is -0.0302. The fraction of sp³-hybridized carbons (Fsp3) is 0.562. The minimum absolute atomic E-state index is 0.0302. The van der Waals surface area contributed by atoms with E-state index in [4.69, 9.17) is 11.6 Å². The van der Waals surface area contributed by atoms with Crippen LogP contribution in [-0.2, 0) is 4.79 Å². The van der Waals surface area contributed by atoms with Crippen LogP contribution in [0.2, 0.25) is 5.02 Å². The summed E-state index contributed by atoms with van der Waals surface area (Å²) in [5, 5.41) is 6.86. The molecule has 2 heterocycles. The molecule has 2 aliphatic heterocycles. The second-order valence-electron chi connectivity index (χ2n) is 5.90. The van der Waals surface area contributed by atoms with Crippen molar-refractivity contribution in [3.8, 4) is 0 Å². The predicted molar refractivity (Wildman–Crippen MR) is 85.7 cm³/mol. The molecule has 2 saturated heterocycles. The molecule has 0 spiro atoms. The van der Waals surface area contributed by atoms with E-state index in [9.17, 15) is 4.79 Å². The lowest BCUT2D eigenvalue weighted by Crippen LogP contribution is -2.46. The Kier molecular flexibility index (Phi) is 4.78. The predicted octanol–water partition coefficient (Wildman–Crippen LogP) is 2.49. The summed E-state index contributed by atoms with van der Waals surface area (Å²) in [6, 6.07) is 8.38. The number of nitrogens with one attached hydrogen (secondary N) is 2. The Morgan fingerprint density at radius 3 is 2.95 bits per heavy atom. The van der Waals surface area contributed by atoms with Gasteiger partial charge in [-0.2, -0.15) is 0 Å². The van der Waals surface area contributed by atoms with Crippen molar-refractivity contribution in [2.75, 3.05) is 25.0 Å². The lowest BCUT2D eigenvalue weighted by atomic mass is 9.99. The van der Waals surface area contributed by atoms with Crippen LogP contribution in [-0.4, -0.2) is 42.5 Å². The molecule has 1 aromatic rings. The van der Waals surface area contributed by atoms with Crippen molar-refractivity contribution in [2.24, 2.45) is 0 Å². The minimum atomic E-state index is -0.0302. The summed E-state index contributed by atoms with van der Waals surface area (Å²) in [4.78, 5) is 14.6. The van der Waals surface area contributed by atoms with Crippen LogP contribution in [0, 0.1) is 0 Å². The molecule has 3 rings (SSSR count). The molecule has 2 fully saturated rings. The molecule has 21 heavy (non-hydrogen) atoms. The van der Waals surface area contributed by atoms with Crippen molar-refractivity contribution in [3.63, 3.8) is 0 Å². The molecule has 2 atom stereocenters. The Balaban J connectivity index is 1.49. The highest BCUT2D eigenvalue weighted by molar-refractivity contribution is 6.33. The van der Waals surface area contributed by atoms with Gasteiger partial charge in [0.25, 0.3) is 0 Å². The number of carbonyl (C=O) groups excluding carboxylic acids is 1. The smallest absolute Gasteiger partial charge is 0.238 e. The van der Waals surface area contributed by atoms with Gasteiger partial charge < -0.3 is 10.6 Å². The number of hydrogen-bond donors (Lipinski definition) is 2. The number of benzene rings is 1. The van der Waals surface area contributed by atoms with Crippen molar-refractivity contribution in [1.82, 2.24) is 10.2 Å². The molecule has 2 N–H and O–H groups in total. The number of hydrogen-bond acceptors (Lipinski definition) is 3. The molecule has 2 aliphatic rings. The number of anilines is 1. The molecule has 1 amide bonds. The molecule has 0 bridgehead atoms. The van der Waals surface area contributed by atoms with Gasteiger partial charge >= 0.3 is 0 Å². The molecule has 1 aromatic carbocycles. The van der Waals surface area contributed by atoms with E-state index < -0.39 is 0 Å². The molecule has 0 radical (unpaired) electrons. The van der Waals surface area contributed by atoms with Gasteiger partial charge in [-0.05, 0) is 37.9 Å². The Hall–Kier alpha value is -1.10. The van der Waals surface area contributed by atoms with Crippen molar-refractivity contribution in [2.45, 2.75) is 37.8 Å². The third kappa shape index (κ3) is 3.57. The number of rotatable bonds is 4. The van der Waals surface area contributed by atoms with Crippen molar-refractivity contribution in [3.05, 3.63) is 29.3 Å². The number of fused-ring (bicyclic) bond motifs is 1. The summed E-state index contributed by atoms with van der Waals surface area (Å²) in [6.45, 7) is 2.73. The maximum Gasteiger partial charge on any atom is 0.238 e. The molecule has 114 valence electrons. The molecule has 0 saturated carbocycles. The zero-order valence-electron chi connectivity index (χ0n) is 12.1. The van der Waals surface area contributed by atoms with Crippen molar-refractivity contribution in [1.29, 1.82) is 0 Å². The van der Waals surface area contributed by atoms with Gasteiger partial charge in [0.15, 0.2) is 0 Å². The molecule has 5 heteroatoms. The summed E-state index contributed by atoms with van der Waals surface area (Å²) in [5.41, 5.74) is 0.677. The molecule has 0 aliphatic carbocycles. The first-order valence-corrected chi connectivity index (χ1v) is 8.13. The first kappa shape index (κ1) is 14.8. The maximum absolute atomic E-state index is 12.0. The normalized spacial score (nSPS) is 25.6. The quantitative estimate of drug-likeness (QED) is 0.898. The molecule has 2 unspecified atom stereocenters. The zero-order chi connectivity index (χ0) is 14.7. The van der Waals surface area contributed by atoms with Gasteiger partial charge in [0.2, 0.25) is 5.91 Å². The number of carbonyl (C=O) groups is 1. The van der Waals surface area contributed by atoms with Gasteiger partial charge in [-0.1, -0.05) is 30.2 Å². The summed E-state index contributed by atoms with van der Waals surface area (Å²) < 4.78 is 0. The van der Waals surface area contributed by atoms with E-state index in [1.807, 2.05) is 18.2 Å². The van der Waals surface area contributed by atoms with Crippen LogP contribution in [0.25, 0.3) is 0 Å². The first-order chi connectivity index (χ1) is 10.2. The van der Waals surface area contributed by atoms with E-state index in [2.05, 4.69) is 15.5 Å². The van der Waals surface area contributed by atoms with Gasteiger partial charge in [0.1, 0.15) is 0 Å². The highest BCUT2D eigenvalue weighted by Gasteiger charge is 2.35. The lowest BCUT2D eigenvalue weighted by Gasteiger charge is -2.32. The highest BCUT2D eigenvalue weighted by Crippen LogP contribution is 2.27. The summed E-state index contributed by atoms with van der Waals surface area (Å²) in [7, 11) is 0. The van der Waals surface area contributed by atoms with E-state index in [-0.39, 0.29) is 5.91 Å². The van der Waals surface area contributed by atoms with E-state index in [0.717, 1.165) is 13.0 Å². The monoisotopic (exact) mass is 307 g/mol. The minimum Gasteiger partial charge on any atom is -0.324 e. The Labute approximate surface area is 130 Å². The second kappa shape index (κ2) is 6.77. The standard InChI is InChI=1S/C16H22ClN3O/c17-12-5-1-2-6-13(12)19-16(21)11-18-14-8-10-20-9-4-3-7-15(14)20/h1-2,5-6,14-15,18H,3-4,7-11H2,(H,19,21). The molecule has 0 aromatic heterocycles. The summed E-state index contributed by atoms with van der Waals surface area (Å²) >= 11 is 6.04. The van der Waals surface area contributed by atoms with Gasteiger partial charge in [-0.3, -0.25) is 9.69 Å². The molecular formula is C16H22ClN3O. The Morgan fingerprint density at radius 1 is 1.24 bits per heavy atom. The number of nitrogens with zero attached hydrogens (tertiary/aromatic N) is 1. The van der Waals surface area contributed by atoms with Crippen LogP contribution < -0.4 is 10.6 Å². The van der Waals surface area contributed by atoms with E-state index in [0.29, 0.717) is 29.3 Å². The van der Waals surface area contributed by atoms with Crippen molar-refractivity contribution >= 4 is 23.2 Å². The van der Waals surface area contributed by atoms with Gasteiger partial charge in [0, 0.05) is 18.6 Å².